The summed E-state index contributed by atoms with van der Waals surface area (Å²) < 4.78 is 5.63. The second-order valence-electron chi connectivity index (χ2n) is 7.07. The van der Waals surface area contributed by atoms with Crippen LogP contribution in [-0.4, -0.2) is 57.6 Å². The fourth-order valence-corrected chi connectivity index (χ4v) is 4.71. The van der Waals surface area contributed by atoms with E-state index >= 15 is 0 Å². The highest BCUT2D eigenvalue weighted by Crippen LogP contribution is 2.38. The molecule has 2 atom stereocenters. The minimum Gasteiger partial charge on any atom is -0.504 e. The number of thioether (sulfide) groups is 1. The fourth-order valence-electron chi connectivity index (χ4n) is 3.64. The van der Waals surface area contributed by atoms with Crippen LogP contribution in [0, 0.1) is 0 Å². The molecule has 2 aliphatic heterocycles. The van der Waals surface area contributed by atoms with Crippen molar-refractivity contribution in [3.8, 4) is 0 Å². The number of benzene rings is 1. The van der Waals surface area contributed by atoms with Gasteiger partial charge in [0.15, 0.2) is 5.76 Å². The zero-order valence-corrected chi connectivity index (χ0v) is 17.5. The van der Waals surface area contributed by atoms with Gasteiger partial charge >= 0.3 is 0 Å². The molecule has 8 nitrogen and oxygen atoms in total. The molecule has 0 aliphatic carbocycles. The van der Waals surface area contributed by atoms with Crippen LogP contribution in [-0.2, 0) is 20.1 Å². The Morgan fingerprint density at radius 2 is 2.16 bits per heavy atom. The Hall–Kier alpha value is -3.01. The topological polar surface area (TPSA) is 105 Å². The first-order valence-corrected chi connectivity index (χ1v) is 10.8. The van der Waals surface area contributed by atoms with Gasteiger partial charge in [0, 0.05) is 35.0 Å². The molecule has 0 radical (unpaired) electrons. The maximum absolute atomic E-state index is 12.8. The van der Waals surface area contributed by atoms with E-state index < -0.39 is 23.6 Å². The highest BCUT2D eigenvalue weighted by molar-refractivity contribution is 7.98. The molecule has 1 amide bonds. The number of amides is 1. The standard InChI is InChI=1S/C22H22N4O4S/c1-2-17(27)18(28)9-21(29)26-7-8-30-11-20(26)25-22-14-5-3-4-6-19(14)31-12-16-15(22)10-23-13-24-16/h2-6,9-10,13,20,22,25,28H,1,7-8,11-12H2/b18-9-/t20-,22+/m0/s1. The Bertz CT molecular complexity index is 994. The van der Waals surface area contributed by atoms with Gasteiger partial charge in [0.05, 0.1) is 24.9 Å². The molecule has 2 aromatic rings. The number of nitrogens with zero attached hydrogens (tertiary/aromatic N) is 3. The normalized spacial score (nSPS) is 20.9. The van der Waals surface area contributed by atoms with Crippen molar-refractivity contribution in [2.24, 2.45) is 0 Å². The van der Waals surface area contributed by atoms with Crippen molar-refractivity contribution in [3.05, 3.63) is 78.1 Å². The van der Waals surface area contributed by atoms with Crippen LogP contribution in [0.25, 0.3) is 0 Å². The molecule has 31 heavy (non-hydrogen) atoms. The molecular weight excluding hydrogens is 416 g/mol. The van der Waals surface area contributed by atoms with Gasteiger partial charge in [-0.3, -0.25) is 14.9 Å². The van der Waals surface area contributed by atoms with E-state index in [0.717, 1.165) is 39.6 Å². The van der Waals surface area contributed by atoms with Gasteiger partial charge in [-0.2, -0.15) is 0 Å². The first kappa shape index (κ1) is 21.2. The third kappa shape index (κ3) is 4.53. The van der Waals surface area contributed by atoms with Crippen LogP contribution in [0.4, 0.5) is 0 Å². The zero-order valence-electron chi connectivity index (χ0n) is 16.7. The van der Waals surface area contributed by atoms with Crippen molar-refractivity contribution in [1.29, 1.82) is 0 Å². The first-order chi connectivity index (χ1) is 15.1. The van der Waals surface area contributed by atoms with E-state index in [-0.39, 0.29) is 12.6 Å². The smallest absolute Gasteiger partial charge is 0.251 e. The van der Waals surface area contributed by atoms with Crippen LogP contribution in [0.3, 0.4) is 0 Å². The number of hydrogen-bond donors (Lipinski definition) is 2. The number of aliphatic hydroxyl groups is 1. The number of rotatable bonds is 5. The van der Waals surface area contributed by atoms with E-state index in [2.05, 4.69) is 27.9 Å². The summed E-state index contributed by atoms with van der Waals surface area (Å²) in [5.74, 6) is -1.10. The number of carbonyl (C=O) groups excluding carboxylic acids is 2. The van der Waals surface area contributed by atoms with Crippen molar-refractivity contribution in [1.82, 2.24) is 20.2 Å². The fraction of sp³-hybridized carbons (Fsp3) is 0.273. The first-order valence-electron chi connectivity index (χ1n) is 9.81. The van der Waals surface area contributed by atoms with E-state index in [1.807, 2.05) is 18.2 Å². The summed E-state index contributed by atoms with van der Waals surface area (Å²) >= 11 is 1.71. The predicted molar refractivity (Wildman–Crippen MR) is 115 cm³/mol. The Labute approximate surface area is 184 Å². The number of hydrogen-bond acceptors (Lipinski definition) is 8. The van der Waals surface area contributed by atoms with Crippen molar-refractivity contribution in [3.63, 3.8) is 0 Å². The van der Waals surface area contributed by atoms with Gasteiger partial charge in [-0.15, -0.1) is 11.8 Å². The lowest BCUT2D eigenvalue weighted by molar-refractivity contribution is -0.136. The van der Waals surface area contributed by atoms with Gasteiger partial charge in [-0.05, 0) is 17.7 Å². The molecule has 0 unspecified atom stereocenters. The largest absolute Gasteiger partial charge is 0.504 e. The molecule has 3 heterocycles. The maximum Gasteiger partial charge on any atom is 0.251 e. The minimum absolute atomic E-state index is 0.253. The van der Waals surface area contributed by atoms with Gasteiger partial charge in [-0.25, -0.2) is 9.97 Å². The Kier molecular flexibility index (Phi) is 6.45. The lowest BCUT2D eigenvalue weighted by atomic mass is 9.98. The number of ether oxygens (including phenoxy) is 1. The van der Waals surface area contributed by atoms with Crippen LogP contribution in [0.2, 0.25) is 0 Å². The van der Waals surface area contributed by atoms with Crippen molar-refractivity contribution >= 4 is 23.5 Å². The summed E-state index contributed by atoms with van der Waals surface area (Å²) in [5.41, 5.74) is 2.94. The number of allylic oxidation sites excluding steroid dienone is 1. The van der Waals surface area contributed by atoms with Gasteiger partial charge in [0.25, 0.3) is 5.91 Å². The summed E-state index contributed by atoms with van der Waals surface area (Å²) in [6.07, 6.45) is 4.75. The molecule has 0 saturated carbocycles. The zero-order chi connectivity index (χ0) is 21.8. The molecule has 1 saturated heterocycles. The number of aliphatic hydroxyl groups excluding tert-OH is 1. The van der Waals surface area contributed by atoms with E-state index in [9.17, 15) is 14.7 Å². The third-order valence-corrected chi connectivity index (χ3v) is 6.30. The maximum atomic E-state index is 12.8. The highest BCUT2D eigenvalue weighted by Gasteiger charge is 2.32. The van der Waals surface area contributed by atoms with E-state index in [1.165, 1.54) is 6.33 Å². The van der Waals surface area contributed by atoms with E-state index in [1.54, 1.807) is 22.9 Å². The predicted octanol–water partition coefficient (Wildman–Crippen LogP) is 2.14. The summed E-state index contributed by atoms with van der Waals surface area (Å²) in [5, 5.41) is 13.4. The average molecular weight is 439 g/mol. The molecule has 1 fully saturated rings. The van der Waals surface area contributed by atoms with E-state index in [0.29, 0.717) is 13.2 Å². The lowest BCUT2D eigenvalue weighted by Gasteiger charge is -2.38. The number of nitrogens with one attached hydrogen (secondary N) is 1. The second-order valence-corrected chi connectivity index (χ2v) is 8.09. The highest BCUT2D eigenvalue weighted by atomic mass is 32.2. The van der Waals surface area contributed by atoms with Crippen molar-refractivity contribution in [2.45, 2.75) is 22.9 Å². The van der Waals surface area contributed by atoms with Crippen molar-refractivity contribution < 1.29 is 19.4 Å². The van der Waals surface area contributed by atoms with Crippen LogP contribution < -0.4 is 5.32 Å². The Balaban J connectivity index is 1.66. The summed E-state index contributed by atoms with van der Waals surface area (Å²) in [7, 11) is 0. The monoisotopic (exact) mass is 438 g/mol. The molecule has 1 aromatic carbocycles. The summed E-state index contributed by atoms with van der Waals surface area (Å²) in [4.78, 5) is 35.8. The average Bonchev–Trinajstić information content (AvgIpc) is 2.96. The molecular formula is C22H22N4O4S. The number of carbonyl (C=O) groups is 2. The molecule has 0 spiro atoms. The number of ketones is 1. The Morgan fingerprint density at radius 3 is 3.00 bits per heavy atom. The molecule has 1 aromatic heterocycles. The molecule has 2 aliphatic rings. The lowest BCUT2D eigenvalue weighted by Crippen LogP contribution is -2.56. The van der Waals surface area contributed by atoms with Crippen LogP contribution in [0.1, 0.15) is 22.9 Å². The van der Waals surface area contributed by atoms with Crippen LogP contribution in [0.5, 0.6) is 0 Å². The van der Waals surface area contributed by atoms with Gasteiger partial charge in [0.1, 0.15) is 12.5 Å². The minimum atomic E-state index is -0.702. The number of morpholine rings is 1. The molecule has 160 valence electrons. The number of fused-ring (bicyclic) bond motifs is 2. The molecule has 9 heteroatoms. The van der Waals surface area contributed by atoms with Gasteiger partial charge in [-0.1, -0.05) is 24.8 Å². The SMILES string of the molecule is C=CC(=O)/C(O)=C/C(=O)N1CCOC[C@H]1N[C@@H]1c2ccccc2SCc2ncncc21. The third-order valence-electron chi connectivity index (χ3n) is 5.20. The quantitative estimate of drug-likeness (QED) is 0.541. The molecule has 4 rings (SSSR count). The molecule has 2 N–H and O–H groups in total. The number of aromatic nitrogens is 2. The summed E-state index contributed by atoms with van der Waals surface area (Å²) in [6.45, 7) is 4.28. The molecule has 0 bridgehead atoms. The van der Waals surface area contributed by atoms with E-state index in [4.69, 9.17) is 4.74 Å². The Morgan fingerprint density at radius 1 is 1.32 bits per heavy atom. The van der Waals surface area contributed by atoms with Crippen LogP contribution >= 0.6 is 11.8 Å². The second kappa shape index (κ2) is 9.42. The van der Waals surface area contributed by atoms with Crippen molar-refractivity contribution in [2.75, 3.05) is 19.8 Å². The van der Waals surface area contributed by atoms with Gasteiger partial charge in [0.2, 0.25) is 5.78 Å². The van der Waals surface area contributed by atoms with Crippen LogP contribution in [0.15, 0.2) is 66.2 Å². The van der Waals surface area contributed by atoms with Gasteiger partial charge < -0.3 is 14.7 Å². The summed E-state index contributed by atoms with van der Waals surface area (Å²) in [6, 6.07) is 7.83.